The number of nitrogens with two attached hydrogens (primary N) is 1. The third-order valence-electron chi connectivity index (χ3n) is 4.54. The predicted octanol–water partition coefficient (Wildman–Crippen LogP) is 1.61. The molecule has 1 saturated carbocycles. The van der Waals surface area contributed by atoms with Crippen molar-refractivity contribution in [3.63, 3.8) is 0 Å². The average molecular weight is 226 g/mol. The molecule has 94 valence electrons. The van der Waals surface area contributed by atoms with E-state index in [1.165, 1.54) is 38.6 Å². The molecule has 3 nitrogen and oxygen atoms in total. The molecule has 0 bridgehead atoms. The van der Waals surface area contributed by atoms with Crippen LogP contribution in [0.25, 0.3) is 0 Å². The van der Waals surface area contributed by atoms with Crippen LogP contribution in [0.15, 0.2) is 0 Å². The number of hydrogen-bond donors (Lipinski definition) is 1. The van der Waals surface area contributed by atoms with E-state index in [4.69, 9.17) is 10.5 Å². The molecule has 16 heavy (non-hydrogen) atoms. The summed E-state index contributed by atoms with van der Waals surface area (Å²) in [4.78, 5) is 2.62. The van der Waals surface area contributed by atoms with Gasteiger partial charge in [0.2, 0.25) is 0 Å². The topological polar surface area (TPSA) is 38.5 Å². The van der Waals surface area contributed by atoms with Crippen molar-refractivity contribution in [3.8, 4) is 0 Å². The van der Waals surface area contributed by atoms with Crippen molar-refractivity contribution in [1.29, 1.82) is 0 Å². The first kappa shape index (κ1) is 12.3. The lowest BCUT2D eigenvalue weighted by Crippen LogP contribution is -2.52. The first-order valence-electron chi connectivity index (χ1n) is 6.73. The zero-order valence-corrected chi connectivity index (χ0v) is 10.7. The highest BCUT2D eigenvalue weighted by atomic mass is 16.5. The standard InChI is InChI=1S/C13H26N2O/c1-10-7-8-15(9-13(10)14)11-3-5-12(16-2)6-4-11/h10-13H,3-9,14H2,1-2H3. The second-order valence-electron chi connectivity index (χ2n) is 5.59. The second kappa shape index (κ2) is 5.48. The molecule has 0 amide bonds. The second-order valence-corrected chi connectivity index (χ2v) is 5.59. The van der Waals surface area contributed by atoms with Gasteiger partial charge in [0.05, 0.1) is 6.10 Å². The molecule has 1 saturated heterocycles. The van der Waals surface area contributed by atoms with E-state index in [0.29, 0.717) is 18.1 Å². The summed E-state index contributed by atoms with van der Waals surface area (Å²) in [5.41, 5.74) is 6.16. The molecule has 1 aliphatic carbocycles. The monoisotopic (exact) mass is 226 g/mol. The Bertz CT molecular complexity index is 214. The van der Waals surface area contributed by atoms with Crippen molar-refractivity contribution in [2.24, 2.45) is 11.7 Å². The maximum absolute atomic E-state index is 6.16. The van der Waals surface area contributed by atoms with E-state index in [2.05, 4.69) is 11.8 Å². The maximum Gasteiger partial charge on any atom is 0.0572 e. The van der Waals surface area contributed by atoms with Gasteiger partial charge in [0.1, 0.15) is 0 Å². The summed E-state index contributed by atoms with van der Waals surface area (Å²) in [7, 11) is 1.84. The Morgan fingerprint density at radius 1 is 1.12 bits per heavy atom. The summed E-state index contributed by atoms with van der Waals surface area (Å²) in [6.45, 7) is 4.63. The van der Waals surface area contributed by atoms with Crippen LogP contribution >= 0.6 is 0 Å². The summed E-state index contributed by atoms with van der Waals surface area (Å²) < 4.78 is 5.42. The van der Waals surface area contributed by atoms with Crippen molar-refractivity contribution in [1.82, 2.24) is 4.90 Å². The number of piperidine rings is 1. The Balaban J connectivity index is 1.81. The number of likely N-dealkylation sites (tertiary alicyclic amines) is 1. The van der Waals surface area contributed by atoms with Gasteiger partial charge in [-0.25, -0.2) is 0 Å². The summed E-state index contributed by atoms with van der Waals surface area (Å²) in [5, 5.41) is 0. The van der Waals surface area contributed by atoms with Gasteiger partial charge in [0, 0.05) is 25.7 Å². The van der Waals surface area contributed by atoms with Crippen molar-refractivity contribution in [2.45, 2.75) is 57.2 Å². The van der Waals surface area contributed by atoms with Crippen LogP contribution in [0.3, 0.4) is 0 Å². The number of methoxy groups -OCH3 is 1. The van der Waals surface area contributed by atoms with E-state index < -0.39 is 0 Å². The van der Waals surface area contributed by atoms with Crippen molar-refractivity contribution in [3.05, 3.63) is 0 Å². The molecule has 0 aromatic heterocycles. The quantitative estimate of drug-likeness (QED) is 0.777. The van der Waals surface area contributed by atoms with Crippen molar-refractivity contribution in [2.75, 3.05) is 20.2 Å². The predicted molar refractivity (Wildman–Crippen MR) is 66.4 cm³/mol. The van der Waals surface area contributed by atoms with E-state index in [1.807, 2.05) is 7.11 Å². The highest BCUT2D eigenvalue weighted by molar-refractivity contribution is 4.87. The van der Waals surface area contributed by atoms with Gasteiger partial charge in [-0.3, -0.25) is 4.90 Å². The summed E-state index contributed by atoms with van der Waals surface area (Å²) in [5.74, 6) is 0.701. The van der Waals surface area contributed by atoms with E-state index in [1.54, 1.807) is 0 Å². The van der Waals surface area contributed by atoms with Gasteiger partial charge in [-0.15, -0.1) is 0 Å². The van der Waals surface area contributed by atoms with Gasteiger partial charge in [0.15, 0.2) is 0 Å². The summed E-state index contributed by atoms with van der Waals surface area (Å²) in [6.07, 6.45) is 6.81. The molecular formula is C13H26N2O. The van der Waals surface area contributed by atoms with Gasteiger partial charge in [-0.05, 0) is 44.6 Å². The van der Waals surface area contributed by atoms with Gasteiger partial charge < -0.3 is 10.5 Å². The molecule has 2 unspecified atom stereocenters. The van der Waals surface area contributed by atoms with Crippen LogP contribution in [0.2, 0.25) is 0 Å². The third-order valence-corrected chi connectivity index (χ3v) is 4.54. The number of nitrogens with zero attached hydrogens (tertiary/aromatic N) is 1. The fourth-order valence-electron chi connectivity index (χ4n) is 3.10. The molecular weight excluding hydrogens is 200 g/mol. The van der Waals surface area contributed by atoms with Crippen LogP contribution in [-0.4, -0.2) is 43.3 Å². The largest absolute Gasteiger partial charge is 0.381 e. The highest BCUT2D eigenvalue weighted by Crippen LogP contribution is 2.27. The molecule has 3 heteroatoms. The number of ether oxygens (including phenoxy) is 1. The molecule has 1 aliphatic heterocycles. The number of hydrogen-bond acceptors (Lipinski definition) is 3. The molecule has 0 aromatic carbocycles. The van der Waals surface area contributed by atoms with Crippen LogP contribution in [0.4, 0.5) is 0 Å². The molecule has 0 radical (unpaired) electrons. The highest BCUT2D eigenvalue weighted by Gasteiger charge is 2.30. The SMILES string of the molecule is COC1CCC(N2CCC(C)C(N)C2)CC1. The van der Waals surface area contributed by atoms with Gasteiger partial charge in [0.25, 0.3) is 0 Å². The van der Waals surface area contributed by atoms with Crippen LogP contribution in [0.5, 0.6) is 0 Å². The van der Waals surface area contributed by atoms with Crippen molar-refractivity contribution < 1.29 is 4.74 Å². The molecule has 0 spiro atoms. The van der Waals surface area contributed by atoms with Crippen LogP contribution in [0.1, 0.15) is 39.0 Å². The van der Waals surface area contributed by atoms with Crippen LogP contribution in [0, 0.1) is 5.92 Å². The van der Waals surface area contributed by atoms with Gasteiger partial charge in [-0.2, -0.15) is 0 Å². The minimum atomic E-state index is 0.383. The lowest BCUT2D eigenvalue weighted by molar-refractivity contribution is 0.0265. The molecule has 2 fully saturated rings. The molecule has 2 atom stereocenters. The number of rotatable bonds is 2. The van der Waals surface area contributed by atoms with Gasteiger partial charge in [-0.1, -0.05) is 6.92 Å². The molecule has 1 heterocycles. The molecule has 2 rings (SSSR count). The first-order valence-corrected chi connectivity index (χ1v) is 6.73. The molecule has 2 aliphatic rings. The Labute approximate surface area is 99.3 Å². The Morgan fingerprint density at radius 3 is 2.38 bits per heavy atom. The van der Waals surface area contributed by atoms with Crippen LogP contribution < -0.4 is 5.73 Å². The van der Waals surface area contributed by atoms with E-state index in [9.17, 15) is 0 Å². The fourth-order valence-corrected chi connectivity index (χ4v) is 3.10. The lowest BCUT2D eigenvalue weighted by atomic mass is 9.88. The molecule has 0 aromatic rings. The maximum atomic E-state index is 6.16. The lowest BCUT2D eigenvalue weighted by Gasteiger charge is -2.42. The fraction of sp³-hybridized carbons (Fsp3) is 1.00. The van der Waals surface area contributed by atoms with E-state index >= 15 is 0 Å². The Morgan fingerprint density at radius 2 is 1.81 bits per heavy atom. The minimum absolute atomic E-state index is 0.383. The van der Waals surface area contributed by atoms with Crippen molar-refractivity contribution >= 4 is 0 Å². The van der Waals surface area contributed by atoms with E-state index in [0.717, 1.165) is 12.6 Å². The smallest absolute Gasteiger partial charge is 0.0572 e. The van der Waals surface area contributed by atoms with Gasteiger partial charge >= 0.3 is 0 Å². The molecule has 2 N–H and O–H groups in total. The third kappa shape index (κ3) is 2.76. The summed E-state index contributed by atoms with van der Waals surface area (Å²) >= 11 is 0. The van der Waals surface area contributed by atoms with Crippen LogP contribution in [-0.2, 0) is 4.74 Å². The first-order chi connectivity index (χ1) is 7.70. The zero-order chi connectivity index (χ0) is 11.5. The Kier molecular flexibility index (Phi) is 4.22. The van der Waals surface area contributed by atoms with E-state index in [-0.39, 0.29) is 0 Å². The average Bonchev–Trinajstić information content (AvgIpc) is 2.33. The Hall–Kier alpha value is -0.120. The normalized spacial score (nSPS) is 42.2. The minimum Gasteiger partial charge on any atom is -0.381 e. The zero-order valence-electron chi connectivity index (χ0n) is 10.7. The summed E-state index contributed by atoms with van der Waals surface area (Å²) in [6, 6.07) is 1.15.